The number of aryl methyl sites for hydroxylation is 1. The Morgan fingerprint density at radius 1 is 1.30 bits per heavy atom. The molecule has 1 heterocycles. The standard InChI is InChI=1S/C14H13ClN2O3/c1-10-4-12(8-16-7-10)9-20-14-5-11(6-15)2-3-13(14)17(18)19/h2-5,7-8H,6,9H2,1H3. The molecule has 0 saturated heterocycles. The normalized spacial score (nSPS) is 10.3. The van der Waals surface area contributed by atoms with Gasteiger partial charge < -0.3 is 4.74 Å². The van der Waals surface area contributed by atoms with Crippen LogP contribution in [0.15, 0.2) is 36.7 Å². The van der Waals surface area contributed by atoms with E-state index in [1.807, 2.05) is 13.0 Å². The zero-order valence-electron chi connectivity index (χ0n) is 10.9. The molecule has 5 nitrogen and oxygen atoms in total. The number of nitro benzene ring substituents is 1. The molecule has 0 saturated carbocycles. The Bertz CT molecular complexity index is 632. The smallest absolute Gasteiger partial charge is 0.310 e. The molecule has 0 spiro atoms. The molecule has 0 unspecified atom stereocenters. The van der Waals surface area contributed by atoms with Crippen molar-refractivity contribution in [2.45, 2.75) is 19.4 Å². The Balaban J connectivity index is 2.21. The molecule has 0 aliphatic rings. The molecule has 0 bridgehead atoms. The van der Waals surface area contributed by atoms with Gasteiger partial charge in [0.25, 0.3) is 0 Å². The summed E-state index contributed by atoms with van der Waals surface area (Å²) in [5.41, 5.74) is 2.57. The average molecular weight is 293 g/mol. The topological polar surface area (TPSA) is 65.3 Å². The van der Waals surface area contributed by atoms with E-state index in [-0.39, 0.29) is 23.9 Å². The van der Waals surface area contributed by atoms with Crippen LogP contribution >= 0.6 is 11.6 Å². The lowest BCUT2D eigenvalue weighted by Crippen LogP contribution is -2.00. The molecule has 0 N–H and O–H groups in total. The number of rotatable bonds is 5. The molecular formula is C14H13ClN2O3. The number of benzene rings is 1. The van der Waals surface area contributed by atoms with E-state index >= 15 is 0 Å². The lowest BCUT2D eigenvalue weighted by Gasteiger charge is -2.08. The molecule has 0 aliphatic heterocycles. The summed E-state index contributed by atoms with van der Waals surface area (Å²) >= 11 is 5.73. The van der Waals surface area contributed by atoms with Crippen LogP contribution in [0.3, 0.4) is 0 Å². The second-order valence-corrected chi connectivity index (χ2v) is 4.62. The highest BCUT2D eigenvalue weighted by atomic mass is 35.5. The first-order valence-electron chi connectivity index (χ1n) is 5.97. The van der Waals surface area contributed by atoms with E-state index < -0.39 is 4.92 Å². The molecule has 20 heavy (non-hydrogen) atoms. The Kier molecular flexibility index (Phi) is 4.53. The van der Waals surface area contributed by atoms with Gasteiger partial charge >= 0.3 is 5.69 Å². The van der Waals surface area contributed by atoms with Crippen LogP contribution < -0.4 is 4.74 Å². The summed E-state index contributed by atoms with van der Waals surface area (Å²) < 4.78 is 5.54. The SMILES string of the molecule is Cc1cncc(COc2cc(CCl)ccc2[N+](=O)[O-])c1. The number of aromatic nitrogens is 1. The molecule has 0 radical (unpaired) electrons. The van der Waals surface area contributed by atoms with Gasteiger partial charge in [-0.15, -0.1) is 11.6 Å². The van der Waals surface area contributed by atoms with Crippen molar-refractivity contribution in [3.05, 3.63) is 63.5 Å². The number of hydrogen-bond donors (Lipinski definition) is 0. The third kappa shape index (κ3) is 3.45. The summed E-state index contributed by atoms with van der Waals surface area (Å²) in [5, 5.41) is 11.0. The molecule has 0 atom stereocenters. The summed E-state index contributed by atoms with van der Waals surface area (Å²) in [5.74, 6) is 0.495. The number of hydrogen-bond acceptors (Lipinski definition) is 4. The number of pyridine rings is 1. The van der Waals surface area contributed by atoms with Gasteiger partial charge in [-0.05, 0) is 30.2 Å². The van der Waals surface area contributed by atoms with E-state index in [0.29, 0.717) is 0 Å². The van der Waals surface area contributed by atoms with Gasteiger partial charge in [0.05, 0.1) is 4.92 Å². The molecular weight excluding hydrogens is 280 g/mol. The van der Waals surface area contributed by atoms with Gasteiger partial charge in [0.15, 0.2) is 5.75 Å². The van der Waals surface area contributed by atoms with Crippen LogP contribution in [0.25, 0.3) is 0 Å². The van der Waals surface area contributed by atoms with Gasteiger partial charge in [0.2, 0.25) is 0 Å². The Labute approximate surface area is 121 Å². The second-order valence-electron chi connectivity index (χ2n) is 4.35. The molecule has 1 aromatic carbocycles. The maximum Gasteiger partial charge on any atom is 0.310 e. The predicted molar refractivity (Wildman–Crippen MR) is 76.0 cm³/mol. The number of halogens is 1. The zero-order valence-corrected chi connectivity index (χ0v) is 11.6. The third-order valence-electron chi connectivity index (χ3n) is 2.70. The second kappa shape index (κ2) is 6.34. The van der Waals surface area contributed by atoms with Crippen molar-refractivity contribution in [2.24, 2.45) is 0 Å². The summed E-state index contributed by atoms with van der Waals surface area (Å²) in [7, 11) is 0. The minimum absolute atomic E-state index is 0.0699. The van der Waals surface area contributed by atoms with Crippen LogP contribution in [-0.4, -0.2) is 9.91 Å². The van der Waals surface area contributed by atoms with E-state index in [2.05, 4.69) is 4.98 Å². The van der Waals surface area contributed by atoms with Crippen molar-refractivity contribution >= 4 is 17.3 Å². The van der Waals surface area contributed by atoms with Gasteiger partial charge in [-0.2, -0.15) is 0 Å². The highest BCUT2D eigenvalue weighted by Crippen LogP contribution is 2.29. The number of nitrogens with zero attached hydrogens (tertiary/aromatic N) is 2. The monoisotopic (exact) mass is 292 g/mol. The Hall–Kier alpha value is -2.14. The lowest BCUT2D eigenvalue weighted by molar-refractivity contribution is -0.386. The quantitative estimate of drug-likeness (QED) is 0.479. The first kappa shape index (κ1) is 14.3. The molecule has 2 rings (SSSR count). The molecule has 0 fully saturated rings. The van der Waals surface area contributed by atoms with E-state index in [4.69, 9.17) is 16.3 Å². The van der Waals surface area contributed by atoms with Crippen LogP contribution in [0.2, 0.25) is 0 Å². The maximum absolute atomic E-state index is 11.0. The first-order chi connectivity index (χ1) is 9.60. The highest BCUT2D eigenvalue weighted by molar-refractivity contribution is 6.17. The number of alkyl halides is 1. The fourth-order valence-electron chi connectivity index (χ4n) is 1.77. The van der Waals surface area contributed by atoms with Crippen molar-refractivity contribution in [3.8, 4) is 5.75 Å². The van der Waals surface area contributed by atoms with Crippen LogP contribution in [0.1, 0.15) is 16.7 Å². The zero-order chi connectivity index (χ0) is 14.5. The molecule has 104 valence electrons. The minimum atomic E-state index is -0.470. The summed E-state index contributed by atoms with van der Waals surface area (Å²) in [6.07, 6.45) is 3.41. The summed E-state index contributed by atoms with van der Waals surface area (Å²) in [6.45, 7) is 2.15. The van der Waals surface area contributed by atoms with Crippen molar-refractivity contribution in [3.63, 3.8) is 0 Å². The average Bonchev–Trinajstić information content (AvgIpc) is 2.44. The fraction of sp³-hybridized carbons (Fsp3) is 0.214. The molecule has 0 aliphatic carbocycles. The van der Waals surface area contributed by atoms with Gasteiger partial charge in [-0.25, -0.2) is 0 Å². The molecule has 0 amide bonds. The largest absolute Gasteiger partial charge is 0.482 e. The first-order valence-corrected chi connectivity index (χ1v) is 6.50. The van der Waals surface area contributed by atoms with Gasteiger partial charge in [0.1, 0.15) is 6.61 Å². The van der Waals surface area contributed by atoms with Crippen LogP contribution in [0, 0.1) is 17.0 Å². The highest BCUT2D eigenvalue weighted by Gasteiger charge is 2.15. The van der Waals surface area contributed by atoms with E-state index in [1.165, 1.54) is 6.07 Å². The van der Waals surface area contributed by atoms with Crippen LogP contribution in [-0.2, 0) is 12.5 Å². The third-order valence-corrected chi connectivity index (χ3v) is 3.01. The van der Waals surface area contributed by atoms with Gasteiger partial charge in [0, 0.05) is 29.9 Å². The van der Waals surface area contributed by atoms with Crippen molar-refractivity contribution in [2.75, 3.05) is 0 Å². The van der Waals surface area contributed by atoms with Crippen LogP contribution in [0.4, 0.5) is 5.69 Å². The molecule has 1 aromatic heterocycles. The Morgan fingerprint density at radius 2 is 2.10 bits per heavy atom. The molecule has 6 heteroatoms. The summed E-state index contributed by atoms with van der Waals surface area (Å²) in [6, 6.07) is 6.53. The predicted octanol–water partition coefficient (Wildman–Crippen LogP) is 3.62. The Morgan fingerprint density at radius 3 is 2.75 bits per heavy atom. The van der Waals surface area contributed by atoms with E-state index in [9.17, 15) is 10.1 Å². The maximum atomic E-state index is 11.0. The van der Waals surface area contributed by atoms with E-state index in [1.54, 1.807) is 24.5 Å². The van der Waals surface area contributed by atoms with Gasteiger partial charge in [-0.1, -0.05) is 6.07 Å². The lowest BCUT2D eigenvalue weighted by atomic mass is 10.2. The van der Waals surface area contributed by atoms with Crippen molar-refractivity contribution in [1.29, 1.82) is 0 Å². The number of nitro groups is 1. The van der Waals surface area contributed by atoms with E-state index in [0.717, 1.165) is 16.7 Å². The van der Waals surface area contributed by atoms with Crippen LogP contribution in [0.5, 0.6) is 5.75 Å². The minimum Gasteiger partial charge on any atom is -0.482 e. The van der Waals surface area contributed by atoms with Gasteiger partial charge in [-0.3, -0.25) is 15.1 Å². The summed E-state index contributed by atoms with van der Waals surface area (Å²) in [4.78, 5) is 14.5. The van der Waals surface area contributed by atoms with Crippen molar-refractivity contribution in [1.82, 2.24) is 4.98 Å². The molecule has 2 aromatic rings. The van der Waals surface area contributed by atoms with Crippen molar-refractivity contribution < 1.29 is 9.66 Å². The fourth-order valence-corrected chi connectivity index (χ4v) is 1.93. The number of ether oxygens (including phenoxy) is 1.